The molecular formula is C22H29N3O4S. The average Bonchev–Trinajstić information content (AvgIpc) is 2.71. The summed E-state index contributed by atoms with van der Waals surface area (Å²) in [6.07, 6.45) is 1.12. The number of carbonyl (C=O) groups is 1. The first-order chi connectivity index (χ1) is 14.2. The summed E-state index contributed by atoms with van der Waals surface area (Å²) in [5.41, 5.74) is 4.46. The lowest BCUT2D eigenvalue weighted by atomic mass is 10.1. The fourth-order valence-electron chi connectivity index (χ4n) is 3.50. The van der Waals surface area contributed by atoms with Crippen molar-refractivity contribution in [2.75, 3.05) is 48.3 Å². The fourth-order valence-corrected chi connectivity index (χ4v) is 4.41. The highest BCUT2D eigenvalue weighted by molar-refractivity contribution is 7.92. The summed E-state index contributed by atoms with van der Waals surface area (Å²) in [5, 5.41) is 2.82. The van der Waals surface area contributed by atoms with E-state index < -0.39 is 10.0 Å². The molecule has 0 atom stereocenters. The molecule has 7 nitrogen and oxygen atoms in total. The molecule has 1 saturated heterocycles. The summed E-state index contributed by atoms with van der Waals surface area (Å²) in [5.74, 6) is -0.349. The predicted octanol–water partition coefficient (Wildman–Crippen LogP) is 2.22. The molecule has 1 amide bonds. The summed E-state index contributed by atoms with van der Waals surface area (Å²) in [4.78, 5) is 14.8. The van der Waals surface area contributed by atoms with Crippen LogP contribution in [0.3, 0.4) is 0 Å². The summed E-state index contributed by atoms with van der Waals surface area (Å²) in [6, 6.07) is 13.5. The van der Waals surface area contributed by atoms with Crippen molar-refractivity contribution in [3.8, 4) is 0 Å². The van der Waals surface area contributed by atoms with Crippen LogP contribution in [-0.4, -0.2) is 53.4 Å². The molecule has 1 aliphatic heterocycles. The highest BCUT2D eigenvalue weighted by Gasteiger charge is 2.22. The average molecular weight is 432 g/mol. The molecule has 1 N–H and O–H groups in total. The first-order valence-corrected chi connectivity index (χ1v) is 11.8. The van der Waals surface area contributed by atoms with Crippen LogP contribution in [-0.2, 0) is 26.1 Å². The van der Waals surface area contributed by atoms with E-state index in [9.17, 15) is 13.2 Å². The van der Waals surface area contributed by atoms with Gasteiger partial charge in [0.1, 0.15) is 6.54 Å². The Balaban J connectivity index is 1.62. The van der Waals surface area contributed by atoms with Crippen LogP contribution in [0.2, 0.25) is 0 Å². The molecule has 0 spiro atoms. The topological polar surface area (TPSA) is 79.0 Å². The van der Waals surface area contributed by atoms with Gasteiger partial charge in [0.25, 0.3) is 0 Å². The maximum absolute atomic E-state index is 12.5. The van der Waals surface area contributed by atoms with E-state index in [1.807, 2.05) is 50.2 Å². The summed E-state index contributed by atoms with van der Waals surface area (Å²) < 4.78 is 31.1. The van der Waals surface area contributed by atoms with Crippen molar-refractivity contribution in [2.45, 2.75) is 20.4 Å². The standard InChI is InChI=1S/C22H29N3O4S/c1-17-4-9-21(18(2)14-17)25(30(3,27)28)16-22(26)23-15-19-5-7-20(8-6-19)24-10-12-29-13-11-24/h4-9,14H,10-13,15-16H2,1-3H3,(H,23,26). The molecule has 0 bridgehead atoms. The van der Waals surface area contributed by atoms with Crippen LogP contribution in [0.4, 0.5) is 11.4 Å². The van der Waals surface area contributed by atoms with Crippen molar-refractivity contribution in [3.63, 3.8) is 0 Å². The number of sulfonamides is 1. The minimum atomic E-state index is -3.59. The minimum absolute atomic E-state index is 0.255. The van der Waals surface area contributed by atoms with Crippen LogP contribution in [0, 0.1) is 13.8 Å². The number of benzene rings is 2. The Morgan fingerprint density at radius 3 is 2.37 bits per heavy atom. The number of amides is 1. The van der Waals surface area contributed by atoms with Crippen LogP contribution in [0.25, 0.3) is 0 Å². The van der Waals surface area contributed by atoms with Crippen LogP contribution in [0.1, 0.15) is 16.7 Å². The van der Waals surface area contributed by atoms with Gasteiger partial charge in [0.2, 0.25) is 15.9 Å². The lowest BCUT2D eigenvalue weighted by Crippen LogP contribution is -2.40. The van der Waals surface area contributed by atoms with Crippen molar-refractivity contribution in [3.05, 3.63) is 59.2 Å². The van der Waals surface area contributed by atoms with Gasteiger partial charge in [-0.1, -0.05) is 29.8 Å². The first-order valence-electron chi connectivity index (χ1n) is 9.97. The molecule has 2 aromatic rings. The zero-order valence-electron chi connectivity index (χ0n) is 17.7. The molecule has 0 aromatic heterocycles. The van der Waals surface area contributed by atoms with E-state index in [0.717, 1.165) is 59.2 Å². The van der Waals surface area contributed by atoms with E-state index in [1.165, 1.54) is 0 Å². The van der Waals surface area contributed by atoms with Crippen molar-refractivity contribution >= 4 is 27.3 Å². The Morgan fingerprint density at radius 2 is 1.77 bits per heavy atom. The number of morpholine rings is 1. The van der Waals surface area contributed by atoms with Gasteiger partial charge in [-0.05, 0) is 43.2 Å². The normalized spacial score (nSPS) is 14.4. The monoisotopic (exact) mass is 431 g/mol. The Bertz CT molecular complexity index is 984. The van der Waals surface area contributed by atoms with Crippen molar-refractivity contribution in [1.29, 1.82) is 0 Å². The SMILES string of the molecule is Cc1ccc(N(CC(=O)NCc2ccc(N3CCOCC3)cc2)S(C)(=O)=O)c(C)c1. The van der Waals surface area contributed by atoms with E-state index in [4.69, 9.17) is 4.74 Å². The number of carbonyl (C=O) groups excluding carboxylic acids is 1. The summed E-state index contributed by atoms with van der Waals surface area (Å²) in [6.45, 7) is 7.07. The lowest BCUT2D eigenvalue weighted by Gasteiger charge is -2.29. The number of aryl methyl sites for hydroxylation is 2. The highest BCUT2D eigenvalue weighted by Crippen LogP contribution is 2.23. The maximum Gasteiger partial charge on any atom is 0.241 e. The van der Waals surface area contributed by atoms with Crippen molar-refractivity contribution in [1.82, 2.24) is 5.32 Å². The van der Waals surface area contributed by atoms with E-state index >= 15 is 0 Å². The minimum Gasteiger partial charge on any atom is -0.378 e. The van der Waals surface area contributed by atoms with Crippen LogP contribution >= 0.6 is 0 Å². The van der Waals surface area contributed by atoms with Gasteiger partial charge >= 0.3 is 0 Å². The highest BCUT2D eigenvalue weighted by atomic mass is 32.2. The molecule has 3 rings (SSSR count). The fraction of sp³-hybridized carbons (Fsp3) is 0.409. The van der Waals surface area contributed by atoms with Gasteiger partial charge in [-0.3, -0.25) is 9.10 Å². The Labute approximate surface area is 178 Å². The molecule has 2 aromatic carbocycles. The van der Waals surface area contributed by atoms with Gasteiger partial charge in [0.05, 0.1) is 25.2 Å². The zero-order chi connectivity index (χ0) is 21.7. The molecule has 1 aliphatic rings. The van der Waals surface area contributed by atoms with Gasteiger partial charge in [0.15, 0.2) is 0 Å². The van der Waals surface area contributed by atoms with E-state index in [2.05, 4.69) is 10.2 Å². The van der Waals surface area contributed by atoms with Gasteiger partial charge in [0, 0.05) is 25.3 Å². The number of ether oxygens (including phenoxy) is 1. The molecule has 1 heterocycles. The lowest BCUT2D eigenvalue weighted by molar-refractivity contribution is -0.119. The number of anilines is 2. The van der Waals surface area contributed by atoms with Gasteiger partial charge in [-0.2, -0.15) is 0 Å². The number of hydrogen-bond acceptors (Lipinski definition) is 5. The second-order valence-electron chi connectivity index (χ2n) is 7.60. The quantitative estimate of drug-likeness (QED) is 0.727. The molecule has 0 saturated carbocycles. The Kier molecular flexibility index (Phi) is 6.99. The van der Waals surface area contributed by atoms with Crippen LogP contribution < -0.4 is 14.5 Å². The largest absolute Gasteiger partial charge is 0.378 e. The molecule has 0 unspecified atom stereocenters. The van der Waals surface area contributed by atoms with Crippen LogP contribution in [0.15, 0.2) is 42.5 Å². The maximum atomic E-state index is 12.5. The second-order valence-corrected chi connectivity index (χ2v) is 9.51. The van der Waals surface area contributed by atoms with Crippen LogP contribution in [0.5, 0.6) is 0 Å². The Hall–Kier alpha value is -2.58. The van der Waals surface area contributed by atoms with Crippen molar-refractivity contribution in [2.24, 2.45) is 0 Å². The molecule has 1 fully saturated rings. The van der Waals surface area contributed by atoms with Crippen molar-refractivity contribution < 1.29 is 17.9 Å². The number of nitrogens with zero attached hydrogens (tertiary/aromatic N) is 2. The van der Waals surface area contributed by atoms with Gasteiger partial charge < -0.3 is 15.0 Å². The third-order valence-corrected chi connectivity index (χ3v) is 6.24. The van der Waals surface area contributed by atoms with Gasteiger partial charge in [-0.25, -0.2) is 8.42 Å². The zero-order valence-corrected chi connectivity index (χ0v) is 18.5. The third kappa shape index (κ3) is 5.73. The Morgan fingerprint density at radius 1 is 1.10 bits per heavy atom. The smallest absolute Gasteiger partial charge is 0.241 e. The summed E-state index contributed by atoms with van der Waals surface area (Å²) >= 11 is 0. The van der Waals surface area contributed by atoms with E-state index in [1.54, 1.807) is 6.07 Å². The molecule has 30 heavy (non-hydrogen) atoms. The number of rotatable bonds is 7. The van der Waals surface area contributed by atoms with E-state index in [-0.39, 0.29) is 12.5 Å². The van der Waals surface area contributed by atoms with Gasteiger partial charge in [-0.15, -0.1) is 0 Å². The third-order valence-electron chi connectivity index (χ3n) is 5.11. The molecule has 8 heteroatoms. The predicted molar refractivity (Wildman–Crippen MR) is 119 cm³/mol. The first kappa shape index (κ1) is 22.1. The molecule has 0 aliphatic carbocycles. The molecular weight excluding hydrogens is 402 g/mol. The number of nitrogens with one attached hydrogen (secondary N) is 1. The second kappa shape index (κ2) is 9.49. The van der Waals surface area contributed by atoms with E-state index in [0.29, 0.717) is 12.2 Å². The molecule has 162 valence electrons. The summed E-state index contributed by atoms with van der Waals surface area (Å²) in [7, 11) is -3.59. The molecule has 0 radical (unpaired) electrons. The number of hydrogen-bond donors (Lipinski definition) is 1.